The Labute approximate surface area is 92.0 Å². The Morgan fingerprint density at radius 3 is 2.60 bits per heavy atom. The average Bonchev–Trinajstić information content (AvgIpc) is 2.38. The van der Waals surface area contributed by atoms with Gasteiger partial charge in [0.1, 0.15) is 0 Å². The molecule has 2 aliphatic rings. The van der Waals surface area contributed by atoms with Gasteiger partial charge in [-0.05, 0) is 44.4 Å². The highest BCUT2D eigenvalue weighted by Crippen LogP contribution is 2.31. The zero-order valence-corrected chi connectivity index (χ0v) is 9.67. The molecule has 3 heteroatoms. The van der Waals surface area contributed by atoms with E-state index in [1.807, 2.05) is 4.90 Å². The van der Waals surface area contributed by atoms with E-state index in [1.165, 1.54) is 6.42 Å². The Balaban J connectivity index is 1.94. The van der Waals surface area contributed by atoms with Crippen molar-refractivity contribution in [2.75, 3.05) is 13.1 Å². The van der Waals surface area contributed by atoms with Crippen LogP contribution in [0.4, 0.5) is 0 Å². The summed E-state index contributed by atoms with van der Waals surface area (Å²) < 4.78 is 0. The molecule has 3 nitrogen and oxygen atoms in total. The van der Waals surface area contributed by atoms with E-state index in [4.69, 9.17) is 5.73 Å². The summed E-state index contributed by atoms with van der Waals surface area (Å²) in [6.45, 7) is 4.11. The van der Waals surface area contributed by atoms with Crippen LogP contribution in [0, 0.1) is 5.92 Å². The zero-order valence-electron chi connectivity index (χ0n) is 9.67. The Morgan fingerprint density at radius 2 is 2.00 bits per heavy atom. The number of nitrogens with two attached hydrogens (primary N) is 1. The third-order valence-corrected chi connectivity index (χ3v) is 3.98. The van der Waals surface area contributed by atoms with Crippen molar-refractivity contribution in [1.82, 2.24) is 4.90 Å². The number of hydrogen-bond donors (Lipinski definition) is 1. The van der Waals surface area contributed by atoms with Crippen LogP contribution in [0.2, 0.25) is 0 Å². The van der Waals surface area contributed by atoms with Crippen LogP contribution in [0.15, 0.2) is 0 Å². The van der Waals surface area contributed by atoms with Crippen LogP contribution in [-0.4, -0.2) is 29.4 Å². The first-order valence-corrected chi connectivity index (χ1v) is 6.20. The fourth-order valence-electron chi connectivity index (χ4n) is 2.55. The van der Waals surface area contributed by atoms with E-state index in [0.717, 1.165) is 51.1 Å². The van der Waals surface area contributed by atoms with E-state index in [2.05, 4.69) is 6.92 Å². The summed E-state index contributed by atoms with van der Waals surface area (Å²) in [6, 6.07) is 0. The monoisotopic (exact) mass is 210 g/mol. The molecule has 0 aromatic rings. The van der Waals surface area contributed by atoms with Crippen LogP contribution in [0.1, 0.15) is 45.4 Å². The first-order chi connectivity index (χ1) is 7.12. The molecule has 1 aliphatic carbocycles. The maximum absolute atomic E-state index is 12.2. The Bertz CT molecular complexity index is 248. The molecule has 1 heterocycles. The van der Waals surface area contributed by atoms with E-state index in [0.29, 0.717) is 0 Å². The van der Waals surface area contributed by atoms with Gasteiger partial charge >= 0.3 is 0 Å². The summed E-state index contributed by atoms with van der Waals surface area (Å²) in [6.07, 6.45) is 6.43. The third kappa shape index (κ3) is 2.17. The summed E-state index contributed by atoms with van der Waals surface area (Å²) in [5.41, 5.74) is 5.58. The molecule has 0 bridgehead atoms. The minimum absolute atomic E-state index is 0.211. The maximum Gasteiger partial charge on any atom is 0.242 e. The first-order valence-electron chi connectivity index (χ1n) is 6.20. The number of nitrogens with zero attached hydrogens (tertiary/aromatic N) is 1. The van der Waals surface area contributed by atoms with Crippen LogP contribution in [-0.2, 0) is 4.79 Å². The van der Waals surface area contributed by atoms with Crippen molar-refractivity contribution >= 4 is 5.91 Å². The second-order valence-corrected chi connectivity index (χ2v) is 5.34. The molecule has 1 saturated carbocycles. The molecule has 15 heavy (non-hydrogen) atoms. The van der Waals surface area contributed by atoms with Crippen molar-refractivity contribution in [2.24, 2.45) is 11.7 Å². The molecule has 1 atom stereocenters. The molecule has 2 fully saturated rings. The van der Waals surface area contributed by atoms with Gasteiger partial charge in [0, 0.05) is 13.1 Å². The number of hydrogen-bond acceptors (Lipinski definition) is 2. The number of amides is 1. The Morgan fingerprint density at radius 1 is 1.27 bits per heavy atom. The SMILES string of the molecule is CC1CCCN(C(=O)C2(N)CCC2)CC1. The lowest BCUT2D eigenvalue weighted by Crippen LogP contribution is -2.59. The molecule has 1 amide bonds. The van der Waals surface area contributed by atoms with Gasteiger partial charge < -0.3 is 10.6 Å². The largest absolute Gasteiger partial charge is 0.341 e. The van der Waals surface area contributed by atoms with Gasteiger partial charge in [0.05, 0.1) is 5.54 Å². The lowest BCUT2D eigenvalue weighted by molar-refractivity contribution is -0.140. The molecule has 0 spiro atoms. The van der Waals surface area contributed by atoms with Gasteiger partial charge in [0.2, 0.25) is 5.91 Å². The standard InChI is InChI=1S/C12H22N2O/c1-10-4-2-8-14(9-5-10)11(15)12(13)6-3-7-12/h10H,2-9,13H2,1H3. The Kier molecular flexibility index (Phi) is 3.01. The van der Waals surface area contributed by atoms with E-state index in [1.54, 1.807) is 0 Å². The van der Waals surface area contributed by atoms with Crippen molar-refractivity contribution in [3.63, 3.8) is 0 Å². The van der Waals surface area contributed by atoms with Gasteiger partial charge in [-0.2, -0.15) is 0 Å². The molecule has 0 radical (unpaired) electrons. The molecule has 0 aromatic heterocycles. The predicted molar refractivity (Wildman–Crippen MR) is 60.4 cm³/mol. The zero-order chi connectivity index (χ0) is 10.9. The highest BCUT2D eigenvalue weighted by molar-refractivity contribution is 5.87. The average molecular weight is 210 g/mol. The van der Waals surface area contributed by atoms with E-state index in [-0.39, 0.29) is 5.91 Å². The first kappa shape index (κ1) is 10.9. The topological polar surface area (TPSA) is 46.3 Å². The summed E-state index contributed by atoms with van der Waals surface area (Å²) >= 11 is 0. The van der Waals surface area contributed by atoms with Crippen molar-refractivity contribution in [3.8, 4) is 0 Å². The summed E-state index contributed by atoms with van der Waals surface area (Å²) in [4.78, 5) is 14.2. The molecule has 0 aromatic carbocycles. The highest BCUT2D eigenvalue weighted by atomic mass is 16.2. The predicted octanol–water partition coefficient (Wildman–Crippen LogP) is 1.52. The molecular formula is C12H22N2O. The van der Waals surface area contributed by atoms with E-state index in [9.17, 15) is 4.79 Å². The Hall–Kier alpha value is -0.570. The van der Waals surface area contributed by atoms with Gasteiger partial charge in [-0.25, -0.2) is 0 Å². The van der Waals surface area contributed by atoms with Crippen LogP contribution in [0.25, 0.3) is 0 Å². The molecule has 1 unspecified atom stereocenters. The fraction of sp³-hybridized carbons (Fsp3) is 0.917. The molecule has 2 rings (SSSR count). The normalized spacial score (nSPS) is 30.5. The van der Waals surface area contributed by atoms with Gasteiger partial charge in [-0.15, -0.1) is 0 Å². The number of carbonyl (C=O) groups excluding carboxylic acids is 1. The van der Waals surface area contributed by atoms with E-state index < -0.39 is 5.54 Å². The second-order valence-electron chi connectivity index (χ2n) is 5.34. The quantitative estimate of drug-likeness (QED) is 0.713. The minimum atomic E-state index is -0.492. The summed E-state index contributed by atoms with van der Waals surface area (Å²) in [7, 11) is 0. The lowest BCUT2D eigenvalue weighted by atomic mass is 9.76. The molecule has 1 saturated heterocycles. The second kappa shape index (κ2) is 4.12. The van der Waals surface area contributed by atoms with Crippen molar-refractivity contribution in [3.05, 3.63) is 0 Å². The number of carbonyl (C=O) groups is 1. The van der Waals surface area contributed by atoms with Crippen LogP contribution < -0.4 is 5.73 Å². The number of likely N-dealkylation sites (tertiary alicyclic amines) is 1. The van der Waals surface area contributed by atoms with Crippen molar-refractivity contribution in [1.29, 1.82) is 0 Å². The van der Waals surface area contributed by atoms with Crippen LogP contribution in [0.3, 0.4) is 0 Å². The van der Waals surface area contributed by atoms with Crippen molar-refractivity contribution in [2.45, 2.75) is 51.0 Å². The van der Waals surface area contributed by atoms with Gasteiger partial charge in [-0.3, -0.25) is 4.79 Å². The molecule has 1 aliphatic heterocycles. The molecule has 2 N–H and O–H groups in total. The van der Waals surface area contributed by atoms with Gasteiger partial charge in [-0.1, -0.05) is 6.92 Å². The summed E-state index contributed by atoms with van der Waals surface area (Å²) in [5.74, 6) is 0.973. The lowest BCUT2D eigenvalue weighted by Gasteiger charge is -2.40. The third-order valence-electron chi connectivity index (χ3n) is 3.98. The van der Waals surface area contributed by atoms with Crippen molar-refractivity contribution < 1.29 is 4.79 Å². The van der Waals surface area contributed by atoms with Gasteiger partial charge in [0.15, 0.2) is 0 Å². The molecule has 86 valence electrons. The van der Waals surface area contributed by atoms with E-state index >= 15 is 0 Å². The van der Waals surface area contributed by atoms with Gasteiger partial charge in [0.25, 0.3) is 0 Å². The number of rotatable bonds is 1. The summed E-state index contributed by atoms with van der Waals surface area (Å²) in [5, 5.41) is 0. The fourth-order valence-corrected chi connectivity index (χ4v) is 2.55. The highest BCUT2D eigenvalue weighted by Gasteiger charge is 2.42. The minimum Gasteiger partial charge on any atom is -0.341 e. The van der Waals surface area contributed by atoms with Crippen LogP contribution >= 0.6 is 0 Å². The maximum atomic E-state index is 12.2. The van der Waals surface area contributed by atoms with Crippen LogP contribution in [0.5, 0.6) is 0 Å². The molecular weight excluding hydrogens is 188 g/mol. The smallest absolute Gasteiger partial charge is 0.242 e.